The first-order valence-electron chi connectivity index (χ1n) is 17.8. The number of carbonyl (C=O) groups excluding carboxylic acids is 2. The molecule has 6 nitrogen and oxygen atoms in total. The van der Waals surface area contributed by atoms with Crippen LogP contribution in [-0.4, -0.2) is 33.9 Å². The maximum Gasteiger partial charge on any atom is 0.252 e. The van der Waals surface area contributed by atoms with Crippen LogP contribution in [0.5, 0.6) is 0 Å². The molecule has 8 rings (SSSR count). The molecule has 0 spiro atoms. The molecule has 10 heteroatoms. The van der Waals surface area contributed by atoms with Crippen LogP contribution in [0.15, 0.2) is 84.9 Å². The third-order valence-corrected chi connectivity index (χ3v) is 13.1. The molecule has 4 aromatic heterocycles. The van der Waals surface area contributed by atoms with Gasteiger partial charge in [0.2, 0.25) is 0 Å². The van der Waals surface area contributed by atoms with E-state index >= 15 is 0 Å². The van der Waals surface area contributed by atoms with Crippen LogP contribution in [-0.2, 0) is 0 Å². The Morgan fingerprint density at radius 2 is 1.00 bits per heavy atom. The molecule has 2 fully saturated rings. The summed E-state index contributed by atoms with van der Waals surface area (Å²) >= 11 is 15.4. The summed E-state index contributed by atoms with van der Waals surface area (Å²) < 4.78 is 1.40. The van der Waals surface area contributed by atoms with Crippen molar-refractivity contribution >= 4 is 79.5 Å². The third kappa shape index (κ3) is 7.70. The summed E-state index contributed by atoms with van der Waals surface area (Å²) in [6.45, 7) is 0. The summed E-state index contributed by atoms with van der Waals surface area (Å²) in [5, 5.41) is 8.45. The Morgan fingerprint density at radius 1 is 0.588 bits per heavy atom. The number of nitrogens with zero attached hydrogens (tertiary/aromatic N) is 2. The SMILES string of the molecule is O=C(NC1CCC(CC2CCC(NC(=O)c3cc(-c4ccc(Cl)s4)nc4ccccc34)CC2)CC1)c1cc(-c2ccc(Cl)s2)nc2ccccc12. The van der Waals surface area contributed by atoms with Crippen LogP contribution in [0.4, 0.5) is 0 Å². The number of carbonyl (C=O) groups is 2. The monoisotopic (exact) mass is 752 g/mol. The van der Waals surface area contributed by atoms with Crippen molar-refractivity contribution in [3.05, 3.63) is 105 Å². The van der Waals surface area contributed by atoms with Crippen LogP contribution in [0.2, 0.25) is 8.67 Å². The van der Waals surface area contributed by atoms with Crippen LogP contribution < -0.4 is 10.6 Å². The van der Waals surface area contributed by atoms with E-state index in [0.717, 1.165) is 94.3 Å². The minimum atomic E-state index is -0.0340. The zero-order valence-corrected chi connectivity index (χ0v) is 31.2. The highest BCUT2D eigenvalue weighted by molar-refractivity contribution is 7.19. The largest absolute Gasteiger partial charge is 0.349 e. The number of hydrogen-bond donors (Lipinski definition) is 2. The second-order valence-corrected chi connectivity index (χ2v) is 17.4. The van der Waals surface area contributed by atoms with E-state index in [1.54, 1.807) is 0 Å². The van der Waals surface area contributed by atoms with E-state index in [1.807, 2.05) is 84.9 Å². The highest BCUT2D eigenvalue weighted by Crippen LogP contribution is 2.37. The van der Waals surface area contributed by atoms with Gasteiger partial charge in [0.25, 0.3) is 11.8 Å². The number of amides is 2. The van der Waals surface area contributed by atoms with Crippen molar-refractivity contribution in [3.8, 4) is 21.1 Å². The van der Waals surface area contributed by atoms with Gasteiger partial charge in [-0.1, -0.05) is 59.6 Å². The van der Waals surface area contributed by atoms with Crippen LogP contribution >= 0.6 is 45.9 Å². The Kier molecular flexibility index (Phi) is 10.1. The predicted molar refractivity (Wildman–Crippen MR) is 211 cm³/mol. The lowest BCUT2D eigenvalue weighted by Gasteiger charge is -2.34. The molecule has 4 heterocycles. The highest BCUT2D eigenvalue weighted by atomic mass is 35.5. The molecule has 2 N–H and O–H groups in total. The fraction of sp³-hybridized carbons (Fsp3) is 0.317. The minimum absolute atomic E-state index is 0.0340. The first-order valence-corrected chi connectivity index (χ1v) is 20.2. The smallest absolute Gasteiger partial charge is 0.252 e. The second-order valence-electron chi connectivity index (χ2n) is 14.0. The van der Waals surface area contributed by atoms with Gasteiger partial charge in [0, 0.05) is 22.9 Å². The molecule has 0 unspecified atom stereocenters. The number of thiophene rings is 2. The van der Waals surface area contributed by atoms with Gasteiger partial charge >= 0.3 is 0 Å². The molecule has 2 saturated carbocycles. The lowest BCUT2D eigenvalue weighted by molar-refractivity contribution is 0.0919. The van der Waals surface area contributed by atoms with Crippen molar-refractivity contribution in [2.45, 2.75) is 69.9 Å². The fourth-order valence-corrected chi connectivity index (χ4v) is 9.97. The molecular formula is C41H38Cl2N4O2S2. The Hall–Kier alpha value is -3.82. The number of nitrogens with one attached hydrogen (secondary N) is 2. The van der Waals surface area contributed by atoms with Gasteiger partial charge in [0.1, 0.15) is 0 Å². The van der Waals surface area contributed by atoms with Crippen molar-refractivity contribution in [1.82, 2.24) is 20.6 Å². The molecule has 0 saturated heterocycles. The average molecular weight is 754 g/mol. The third-order valence-electron chi connectivity index (χ3n) is 10.6. The first-order chi connectivity index (χ1) is 24.9. The normalized spacial score (nSPS) is 20.7. The molecule has 0 radical (unpaired) electrons. The van der Waals surface area contributed by atoms with Gasteiger partial charge in [0.05, 0.1) is 52.0 Å². The first kappa shape index (κ1) is 34.3. The molecule has 0 aliphatic heterocycles. The van der Waals surface area contributed by atoms with Gasteiger partial charge < -0.3 is 10.6 Å². The molecular weight excluding hydrogens is 716 g/mol. The number of hydrogen-bond acceptors (Lipinski definition) is 6. The molecule has 6 aromatic rings. The molecule has 2 aliphatic rings. The van der Waals surface area contributed by atoms with E-state index in [1.165, 1.54) is 29.1 Å². The zero-order valence-electron chi connectivity index (χ0n) is 28.0. The van der Waals surface area contributed by atoms with E-state index in [2.05, 4.69) is 10.6 Å². The van der Waals surface area contributed by atoms with Gasteiger partial charge in [-0.2, -0.15) is 0 Å². The summed E-state index contributed by atoms with van der Waals surface area (Å²) in [4.78, 5) is 38.9. The van der Waals surface area contributed by atoms with Crippen molar-refractivity contribution in [2.75, 3.05) is 0 Å². The van der Waals surface area contributed by atoms with E-state index in [-0.39, 0.29) is 23.9 Å². The van der Waals surface area contributed by atoms with Crippen molar-refractivity contribution < 1.29 is 9.59 Å². The molecule has 2 aromatic carbocycles. The quantitative estimate of drug-likeness (QED) is 0.162. The Labute approximate surface area is 315 Å². The number of para-hydroxylation sites is 2. The molecule has 51 heavy (non-hydrogen) atoms. The second kappa shape index (κ2) is 15.0. The molecule has 0 bridgehead atoms. The number of benzene rings is 2. The van der Waals surface area contributed by atoms with E-state index in [9.17, 15) is 9.59 Å². The van der Waals surface area contributed by atoms with Crippen LogP contribution in [0, 0.1) is 11.8 Å². The Bertz CT molecular complexity index is 2060. The van der Waals surface area contributed by atoms with Gasteiger partial charge in [-0.15, -0.1) is 22.7 Å². The van der Waals surface area contributed by atoms with E-state index < -0.39 is 0 Å². The van der Waals surface area contributed by atoms with E-state index in [0.29, 0.717) is 31.6 Å². The highest BCUT2D eigenvalue weighted by Gasteiger charge is 2.29. The number of halogens is 2. The van der Waals surface area contributed by atoms with Gasteiger partial charge in [-0.05, 0) is 118 Å². The summed E-state index contributed by atoms with van der Waals surface area (Å²) in [5.41, 5.74) is 4.49. The standard InChI is InChI=1S/C41H38Cl2N4O2S2/c42-38-19-17-36(50-38)34-22-30(28-5-1-3-7-32(28)46-34)40(48)44-26-13-9-24(10-14-26)21-25-11-15-27(16-12-25)45-41(49)31-23-35(37-18-20-39(43)51-37)47-33-8-4-2-6-29(31)33/h1-8,17-20,22-27H,9-16,21H2,(H,44,48)(H,45,49). The maximum atomic E-state index is 13.7. The van der Waals surface area contributed by atoms with Crippen molar-refractivity contribution in [2.24, 2.45) is 11.8 Å². The number of rotatable bonds is 8. The molecule has 2 amide bonds. The summed E-state index contributed by atoms with van der Waals surface area (Å²) in [6, 6.07) is 27.5. The minimum Gasteiger partial charge on any atom is -0.349 e. The maximum absolute atomic E-state index is 13.7. The van der Waals surface area contributed by atoms with Crippen LogP contribution in [0.25, 0.3) is 42.9 Å². The average Bonchev–Trinajstić information content (AvgIpc) is 3.80. The number of fused-ring (bicyclic) bond motifs is 2. The van der Waals surface area contributed by atoms with Crippen molar-refractivity contribution in [1.29, 1.82) is 0 Å². The van der Waals surface area contributed by atoms with Gasteiger partial charge in [-0.25, -0.2) is 9.97 Å². The summed E-state index contributed by atoms with van der Waals surface area (Å²) in [6.07, 6.45) is 9.74. The molecule has 260 valence electrons. The van der Waals surface area contributed by atoms with Gasteiger partial charge in [-0.3, -0.25) is 9.59 Å². The van der Waals surface area contributed by atoms with Crippen LogP contribution in [0.3, 0.4) is 0 Å². The number of pyridine rings is 2. The summed E-state index contributed by atoms with van der Waals surface area (Å²) in [7, 11) is 0. The summed E-state index contributed by atoms with van der Waals surface area (Å²) in [5.74, 6) is 1.29. The zero-order chi connectivity index (χ0) is 34.9. The molecule has 0 atom stereocenters. The van der Waals surface area contributed by atoms with Gasteiger partial charge in [0.15, 0.2) is 0 Å². The van der Waals surface area contributed by atoms with E-state index in [4.69, 9.17) is 33.2 Å². The topological polar surface area (TPSA) is 84.0 Å². The van der Waals surface area contributed by atoms with Crippen LogP contribution in [0.1, 0.15) is 78.5 Å². The Balaban J connectivity index is 0.838. The lowest BCUT2D eigenvalue weighted by Crippen LogP contribution is -2.39. The Morgan fingerprint density at radius 3 is 1.39 bits per heavy atom. The lowest BCUT2D eigenvalue weighted by atomic mass is 9.75. The van der Waals surface area contributed by atoms with Crippen molar-refractivity contribution in [3.63, 3.8) is 0 Å². The fourth-order valence-electron chi connectivity index (χ4n) is 7.97. The predicted octanol–water partition coefficient (Wildman–Crippen LogP) is 11.2. The number of aromatic nitrogens is 2. The molecule has 2 aliphatic carbocycles.